The van der Waals surface area contributed by atoms with Gasteiger partial charge in [0.2, 0.25) is 30.4 Å². The van der Waals surface area contributed by atoms with Crippen LogP contribution in [-0.4, -0.2) is 42.2 Å². The van der Waals surface area contributed by atoms with Gasteiger partial charge in [-0.25, -0.2) is 0 Å². The molecule has 2 aromatic carbocycles. The predicted molar refractivity (Wildman–Crippen MR) is 146 cm³/mol. The van der Waals surface area contributed by atoms with Crippen molar-refractivity contribution in [1.29, 1.82) is 0 Å². The fourth-order valence-corrected chi connectivity index (χ4v) is 4.75. The largest absolute Gasteiger partial charge is 0.454 e. The Morgan fingerprint density at radius 2 is 1.75 bits per heavy atom. The number of ether oxygens (including phenoxy) is 2. The average Bonchev–Trinajstić information content (AvgIpc) is 3.52. The van der Waals surface area contributed by atoms with E-state index in [-0.39, 0.29) is 19.1 Å². The SMILES string of the molecule is CC[C@H](C)[C@H](NC(=O)C[C@H](NC(=O)/C=C/c1ccc2c(c1)OCO2)c1ccccc1)C(=O)[C@@H]1C(=O)NC(=O)[C@H]1C. The normalized spacial score (nSPS) is 20.1. The Bertz CT molecular complexity index is 1320. The molecule has 0 aliphatic carbocycles. The maximum atomic E-state index is 13.3. The number of fused-ring (bicyclic) bond motifs is 1. The molecule has 4 amide bonds. The number of benzene rings is 2. The van der Waals surface area contributed by atoms with Crippen molar-refractivity contribution in [2.75, 3.05) is 6.79 Å². The Kier molecular flexibility index (Phi) is 8.98. The summed E-state index contributed by atoms with van der Waals surface area (Å²) in [4.78, 5) is 63.7. The molecule has 0 spiro atoms. The molecule has 4 rings (SSSR count). The molecular weight excluding hydrogens is 514 g/mol. The molecule has 5 atom stereocenters. The maximum absolute atomic E-state index is 13.3. The zero-order chi connectivity index (χ0) is 28.8. The Morgan fingerprint density at radius 3 is 2.42 bits per heavy atom. The highest BCUT2D eigenvalue weighted by Gasteiger charge is 2.46. The van der Waals surface area contributed by atoms with Crippen LogP contribution in [0, 0.1) is 17.8 Å². The van der Waals surface area contributed by atoms with Crippen molar-refractivity contribution in [3.05, 3.63) is 65.7 Å². The summed E-state index contributed by atoms with van der Waals surface area (Å²) in [5.41, 5.74) is 1.45. The van der Waals surface area contributed by atoms with Gasteiger partial charge in [0.05, 0.1) is 24.4 Å². The van der Waals surface area contributed by atoms with E-state index in [2.05, 4.69) is 16.0 Å². The van der Waals surface area contributed by atoms with Crippen LogP contribution in [0.15, 0.2) is 54.6 Å². The first-order chi connectivity index (χ1) is 19.2. The van der Waals surface area contributed by atoms with Crippen LogP contribution in [-0.2, 0) is 24.0 Å². The van der Waals surface area contributed by atoms with Crippen molar-refractivity contribution >= 4 is 35.5 Å². The van der Waals surface area contributed by atoms with Crippen molar-refractivity contribution in [2.45, 2.75) is 45.7 Å². The molecule has 0 unspecified atom stereocenters. The fourth-order valence-electron chi connectivity index (χ4n) is 4.75. The number of hydrogen-bond acceptors (Lipinski definition) is 7. The molecule has 2 heterocycles. The van der Waals surface area contributed by atoms with E-state index < -0.39 is 53.3 Å². The number of hydrogen-bond donors (Lipinski definition) is 3. The van der Waals surface area contributed by atoms with Crippen molar-refractivity contribution in [3.8, 4) is 11.5 Å². The highest BCUT2D eigenvalue weighted by molar-refractivity contribution is 6.16. The summed E-state index contributed by atoms with van der Waals surface area (Å²) in [6, 6.07) is 12.7. The number of imide groups is 1. The first kappa shape index (κ1) is 28.5. The number of ketones is 1. The Labute approximate surface area is 232 Å². The van der Waals surface area contributed by atoms with E-state index in [9.17, 15) is 24.0 Å². The van der Waals surface area contributed by atoms with Gasteiger partial charge < -0.3 is 20.1 Å². The summed E-state index contributed by atoms with van der Waals surface area (Å²) < 4.78 is 10.7. The topological polar surface area (TPSA) is 140 Å². The quantitative estimate of drug-likeness (QED) is 0.223. The Hall–Kier alpha value is -4.47. The number of amides is 4. The lowest BCUT2D eigenvalue weighted by atomic mass is 9.83. The van der Waals surface area contributed by atoms with Crippen molar-refractivity contribution in [2.24, 2.45) is 17.8 Å². The molecule has 0 saturated carbocycles. The van der Waals surface area contributed by atoms with Crippen molar-refractivity contribution in [1.82, 2.24) is 16.0 Å². The lowest BCUT2D eigenvalue weighted by Gasteiger charge is -2.27. The monoisotopic (exact) mass is 547 g/mol. The van der Waals surface area contributed by atoms with Crippen molar-refractivity contribution in [3.63, 3.8) is 0 Å². The Balaban J connectivity index is 1.46. The summed E-state index contributed by atoms with van der Waals surface area (Å²) in [5.74, 6) is -3.52. The molecule has 0 aromatic heterocycles. The molecule has 3 N–H and O–H groups in total. The van der Waals surface area contributed by atoms with E-state index in [1.807, 2.05) is 13.0 Å². The second kappa shape index (κ2) is 12.6. The van der Waals surface area contributed by atoms with E-state index in [1.54, 1.807) is 55.5 Å². The van der Waals surface area contributed by atoms with Crippen LogP contribution >= 0.6 is 0 Å². The zero-order valence-electron chi connectivity index (χ0n) is 22.6. The molecule has 0 radical (unpaired) electrons. The van der Waals surface area contributed by atoms with Crippen molar-refractivity contribution < 1.29 is 33.4 Å². The van der Waals surface area contributed by atoms with Gasteiger partial charge in [-0.15, -0.1) is 0 Å². The number of rotatable bonds is 11. The van der Waals surface area contributed by atoms with Crippen LogP contribution in [0.3, 0.4) is 0 Å². The van der Waals surface area contributed by atoms with Gasteiger partial charge in [0.25, 0.3) is 0 Å². The van der Waals surface area contributed by atoms with Crippen LogP contribution < -0.4 is 25.4 Å². The number of carbonyl (C=O) groups is 5. The second-order valence-corrected chi connectivity index (χ2v) is 10.1. The third-order valence-corrected chi connectivity index (χ3v) is 7.32. The molecule has 210 valence electrons. The minimum Gasteiger partial charge on any atom is -0.454 e. The van der Waals surface area contributed by atoms with Gasteiger partial charge in [0, 0.05) is 6.08 Å². The smallest absolute Gasteiger partial charge is 0.244 e. The summed E-state index contributed by atoms with van der Waals surface area (Å²) in [5, 5.41) is 7.85. The van der Waals surface area contributed by atoms with Gasteiger partial charge in [-0.2, -0.15) is 0 Å². The first-order valence-corrected chi connectivity index (χ1v) is 13.3. The van der Waals surface area contributed by atoms with E-state index >= 15 is 0 Å². The summed E-state index contributed by atoms with van der Waals surface area (Å²) in [6.07, 6.45) is 3.43. The Morgan fingerprint density at radius 1 is 1.02 bits per heavy atom. The van der Waals surface area contributed by atoms with Crippen LogP contribution in [0.5, 0.6) is 11.5 Å². The highest BCUT2D eigenvalue weighted by atomic mass is 16.7. The molecular formula is C30H33N3O7. The fraction of sp³-hybridized carbons (Fsp3) is 0.367. The number of nitrogens with one attached hydrogen (secondary N) is 3. The van der Waals surface area contributed by atoms with E-state index in [4.69, 9.17) is 9.47 Å². The molecule has 10 nitrogen and oxygen atoms in total. The molecule has 10 heteroatoms. The number of carbonyl (C=O) groups excluding carboxylic acids is 5. The van der Waals surface area contributed by atoms with E-state index in [0.29, 0.717) is 23.5 Å². The van der Waals surface area contributed by atoms with Crippen LogP contribution in [0.4, 0.5) is 0 Å². The molecule has 2 aliphatic heterocycles. The third-order valence-electron chi connectivity index (χ3n) is 7.32. The molecule has 1 saturated heterocycles. The number of Topliss-reactive ketones (excluding diaryl/α,β-unsaturated/α-hetero) is 1. The molecule has 40 heavy (non-hydrogen) atoms. The average molecular weight is 548 g/mol. The second-order valence-electron chi connectivity index (χ2n) is 10.1. The van der Waals surface area contributed by atoms with Gasteiger partial charge in [-0.1, -0.05) is 63.6 Å². The molecule has 0 bridgehead atoms. The zero-order valence-corrected chi connectivity index (χ0v) is 22.6. The standard InChI is InChI=1S/C30H33N3O7/c1-4-17(2)27(28(36)26-18(3)29(37)33-30(26)38)32-25(35)15-21(20-8-6-5-7-9-20)31-24(34)13-11-19-10-12-22-23(14-19)40-16-39-22/h5-14,17-18,21,26-27H,4,15-16H2,1-3H3,(H,31,34)(H,32,35)(H,33,37,38)/b13-11+/t17-,18-,21-,26+,27-/m0/s1. The third kappa shape index (κ3) is 6.56. The van der Waals surface area contributed by atoms with E-state index in [1.165, 1.54) is 13.0 Å². The molecule has 2 aromatic rings. The van der Waals surface area contributed by atoms with Gasteiger partial charge in [-0.05, 0) is 35.3 Å². The molecule has 2 aliphatic rings. The minimum absolute atomic E-state index is 0.140. The van der Waals surface area contributed by atoms with Crippen LogP contribution in [0.2, 0.25) is 0 Å². The molecule has 1 fully saturated rings. The maximum Gasteiger partial charge on any atom is 0.244 e. The van der Waals surface area contributed by atoms with Crippen LogP contribution in [0.25, 0.3) is 6.08 Å². The lowest BCUT2D eigenvalue weighted by molar-refractivity contribution is -0.137. The van der Waals surface area contributed by atoms with Gasteiger partial charge in [0.15, 0.2) is 17.3 Å². The highest BCUT2D eigenvalue weighted by Crippen LogP contribution is 2.33. The summed E-state index contributed by atoms with van der Waals surface area (Å²) in [7, 11) is 0. The predicted octanol–water partition coefficient (Wildman–Crippen LogP) is 2.68. The van der Waals surface area contributed by atoms with Gasteiger partial charge in [0.1, 0.15) is 5.92 Å². The minimum atomic E-state index is -1.15. The summed E-state index contributed by atoms with van der Waals surface area (Å²) in [6.45, 7) is 5.36. The summed E-state index contributed by atoms with van der Waals surface area (Å²) >= 11 is 0. The van der Waals surface area contributed by atoms with Gasteiger partial charge >= 0.3 is 0 Å². The lowest BCUT2D eigenvalue weighted by Crippen LogP contribution is -2.50. The van der Waals surface area contributed by atoms with Gasteiger partial charge in [-0.3, -0.25) is 29.3 Å². The van der Waals surface area contributed by atoms with E-state index in [0.717, 1.165) is 5.56 Å². The first-order valence-electron chi connectivity index (χ1n) is 13.3. The van der Waals surface area contributed by atoms with Crippen LogP contribution in [0.1, 0.15) is 50.8 Å².